The van der Waals surface area contributed by atoms with E-state index in [2.05, 4.69) is 43.2 Å². The monoisotopic (exact) mass is 363 g/mol. The van der Waals surface area contributed by atoms with Crippen molar-refractivity contribution in [3.05, 3.63) is 29.3 Å². The molecule has 1 aliphatic heterocycles. The summed E-state index contributed by atoms with van der Waals surface area (Å²) in [5, 5.41) is 1.17. The van der Waals surface area contributed by atoms with Crippen molar-refractivity contribution in [2.24, 2.45) is 5.41 Å². The molecule has 0 bridgehead atoms. The number of aromatic nitrogens is 1. The number of para-hydroxylation sites is 1. The fourth-order valence-electron chi connectivity index (χ4n) is 3.14. The number of thioether (sulfide) groups is 1. The van der Waals surface area contributed by atoms with Crippen LogP contribution in [0.1, 0.15) is 18.9 Å². The third kappa shape index (κ3) is 3.92. The summed E-state index contributed by atoms with van der Waals surface area (Å²) in [6, 6.07) is 8.29. The van der Waals surface area contributed by atoms with Crippen LogP contribution in [0.25, 0.3) is 10.2 Å². The van der Waals surface area contributed by atoms with Gasteiger partial charge < -0.3 is 4.90 Å². The number of carbonyl (C=O) groups is 1. The zero-order valence-electron chi connectivity index (χ0n) is 14.6. The number of rotatable bonds is 5. The summed E-state index contributed by atoms with van der Waals surface area (Å²) in [6.07, 6.45) is 2.06. The van der Waals surface area contributed by atoms with E-state index in [0.29, 0.717) is 0 Å². The lowest BCUT2D eigenvalue weighted by Crippen LogP contribution is -2.52. The summed E-state index contributed by atoms with van der Waals surface area (Å²) in [6.45, 7) is 8.49. The van der Waals surface area contributed by atoms with Crippen molar-refractivity contribution < 1.29 is 4.79 Å². The lowest BCUT2D eigenvalue weighted by atomic mass is 9.94. The number of benzene rings is 1. The Morgan fingerprint density at radius 1 is 1.25 bits per heavy atom. The standard InChI is InChI=1S/C18H25N3OS2/c1-18(2,13-23-3)17(22)21-10-8-20(9-11-21)12-16-19-14-6-4-5-7-15(14)24-16/h4-7H,8-13H2,1-3H3. The molecule has 6 heteroatoms. The number of thiazole rings is 1. The Hall–Kier alpha value is -1.11. The van der Waals surface area contributed by atoms with Crippen molar-refractivity contribution in [2.75, 3.05) is 38.2 Å². The molecule has 1 fully saturated rings. The van der Waals surface area contributed by atoms with Gasteiger partial charge in [-0.3, -0.25) is 9.69 Å². The Kier molecular flexibility index (Phi) is 5.47. The molecule has 0 N–H and O–H groups in total. The highest BCUT2D eigenvalue weighted by Gasteiger charge is 2.33. The summed E-state index contributed by atoms with van der Waals surface area (Å²) in [5.74, 6) is 1.16. The molecule has 2 aromatic rings. The highest BCUT2D eigenvalue weighted by atomic mass is 32.2. The first-order chi connectivity index (χ1) is 11.5. The van der Waals surface area contributed by atoms with E-state index in [0.717, 1.165) is 44.0 Å². The molecule has 4 nitrogen and oxygen atoms in total. The summed E-state index contributed by atoms with van der Waals surface area (Å²) < 4.78 is 1.25. The van der Waals surface area contributed by atoms with Gasteiger partial charge in [0.2, 0.25) is 5.91 Å². The van der Waals surface area contributed by atoms with Crippen LogP contribution in [-0.2, 0) is 11.3 Å². The van der Waals surface area contributed by atoms with Gasteiger partial charge in [-0.25, -0.2) is 4.98 Å². The normalized spacial score (nSPS) is 16.7. The highest BCUT2D eigenvalue weighted by molar-refractivity contribution is 7.98. The second-order valence-corrected chi connectivity index (χ2v) is 8.94. The van der Waals surface area contributed by atoms with E-state index in [9.17, 15) is 4.79 Å². The van der Waals surface area contributed by atoms with Gasteiger partial charge in [-0.15, -0.1) is 11.3 Å². The molecular weight excluding hydrogens is 338 g/mol. The Labute approximate surface area is 152 Å². The van der Waals surface area contributed by atoms with Gasteiger partial charge in [0.1, 0.15) is 5.01 Å². The third-order valence-corrected chi connectivity index (χ3v) is 6.47. The lowest BCUT2D eigenvalue weighted by Gasteiger charge is -2.38. The average Bonchev–Trinajstić information content (AvgIpc) is 2.97. The zero-order chi connectivity index (χ0) is 17.2. The number of piperazine rings is 1. The van der Waals surface area contributed by atoms with E-state index in [1.54, 1.807) is 23.1 Å². The van der Waals surface area contributed by atoms with Gasteiger partial charge in [0.25, 0.3) is 0 Å². The molecule has 130 valence electrons. The quantitative estimate of drug-likeness (QED) is 0.816. The van der Waals surface area contributed by atoms with E-state index in [1.807, 2.05) is 11.0 Å². The van der Waals surface area contributed by atoms with E-state index in [-0.39, 0.29) is 11.3 Å². The first-order valence-electron chi connectivity index (χ1n) is 8.35. The molecular formula is C18H25N3OS2. The van der Waals surface area contributed by atoms with Crippen molar-refractivity contribution in [1.29, 1.82) is 0 Å². The maximum atomic E-state index is 12.7. The van der Waals surface area contributed by atoms with Crippen LogP contribution < -0.4 is 0 Å². The molecule has 0 aliphatic carbocycles. The zero-order valence-corrected chi connectivity index (χ0v) is 16.3. The number of nitrogens with zero attached hydrogens (tertiary/aromatic N) is 3. The number of amides is 1. The smallest absolute Gasteiger partial charge is 0.229 e. The van der Waals surface area contributed by atoms with E-state index >= 15 is 0 Å². The van der Waals surface area contributed by atoms with Crippen LogP contribution in [-0.4, -0.2) is 58.9 Å². The first kappa shape index (κ1) is 17.7. The SMILES string of the molecule is CSCC(C)(C)C(=O)N1CCN(Cc2nc3ccccc3s2)CC1. The van der Waals surface area contributed by atoms with E-state index in [1.165, 1.54) is 9.71 Å². The predicted molar refractivity (Wildman–Crippen MR) is 104 cm³/mol. The van der Waals surface area contributed by atoms with Gasteiger partial charge in [-0.1, -0.05) is 26.0 Å². The average molecular weight is 364 g/mol. The molecule has 0 unspecified atom stereocenters. The Bertz CT molecular complexity index is 672. The van der Waals surface area contributed by atoms with Crippen LogP contribution in [0.4, 0.5) is 0 Å². The molecule has 1 aromatic carbocycles. The second-order valence-electron chi connectivity index (χ2n) is 6.96. The Morgan fingerprint density at radius 2 is 1.96 bits per heavy atom. The molecule has 1 saturated heterocycles. The van der Waals surface area contributed by atoms with Crippen molar-refractivity contribution in [3.63, 3.8) is 0 Å². The molecule has 2 heterocycles. The van der Waals surface area contributed by atoms with Gasteiger partial charge in [0, 0.05) is 31.9 Å². The van der Waals surface area contributed by atoms with Gasteiger partial charge in [0.15, 0.2) is 0 Å². The molecule has 1 aromatic heterocycles. The predicted octanol–water partition coefficient (Wildman–Crippen LogP) is 3.33. The molecule has 3 rings (SSSR count). The van der Waals surface area contributed by atoms with Gasteiger partial charge in [0.05, 0.1) is 22.2 Å². The maximum Gasteiger partial charge on any atom is 0.229 e. The molecule has 0 radical (unpaired) electrons. The summed E-state index contributed by atoms with van der Waals surface area (Å²) in [5.41, 5.74) is 0.819. The molecule has 24 heavy (non-hydrogen) atoms. The van der Waals surface area contributed by atoms with Crippen LogP contribution in [0.15, 0.2) is 24.3 Å². The molecule has 0 atom stereocenters. The molecule has 1 amide bonds. The van der Waals surface area contributed by atoms with Gasteiger partial charge >= 0.3 is 0 Å². The molecule has 0 saturated carbocycles. The Balaban J connectivity index is 1.56. The fourth-order valence-corrected chi connectivity index (χ4v) is 4.99. The lowest BCUT2D eigenvalue weighted by molar-refractivity contribution is -0.141. The van der Waals surface area contributed by atoms with Gasteiger partial charge in [-0.05, 0) is 18.4 Å². The van der Waals surface area contributed by atoms with Crippen LogP contribution in [0.5, 0.6) is 0 Å². The van der Waals surface area contributed by atoms with Gasteiger partial charge in [-0.2, -0.15) is 11.8 Å². The van der Waals surface area contributed by atoms with Crippen molar-refractivity contribution in [1.82, 2.24) is 14.8 Å². The summed E-state index contributed by atoms with van der Waals surface area (Å²) >= 11 is 3.51. The minimum atomic E-state index is -0.269. The minimum Gasteiger partial charge on any atom is -0.340 e. The number of carbonyl (C=O) groups excluding carboxylic acids is 1. The fraction of sp³-hybridized carbons (Fsp3) is 0.556. The van der Waals surface area contributed by atoms with Crippen LogP contribution in [0, 0.1) is 5.41 Å². The van der Waals surface area contributed by atoms with E-state index < -0.39 is 0 Å². The van der Waals surface area contributed by atoms with Crippen molar-refractivity contribution >= 4 is 39.2 Å². The maximum absolute atomic E-state index is 12.7. The summed E-state index contributed by atoms with van der Waals surface area (Å²) in [7, 11) is 0. The molecule has 1 aliphatic rings. The largest absolute Gasteiger partial charge is 0.340 e. The molecule has 0 spiro atoms. The second kappa shape index (κ2) is 7.42. The van der Waals surface area contributed by atoms with Crippen molar-refractivity contribution in [3.8, 4) is 0 Å². The Morgan fingerprint density at radius 3 is 2.62 bits per heavy atom. The third-order valence-electron chi connectivity index (χ3n) is 4.44. The number of hydrogen-bond acceptors (Lipinski definition) is 5. The first-order valence-corrected chi connectivity index (χ1v) is 10.6. The summed E-state index contributed by atoms with van der Waals surface area (Å²) in [4.78, 5) is 21.8. The number of fused-ring (bicyclic) bond motifs is 1. The van der Waals surface area contributed by atoms with Crippen molar-refractivity contribution in [2.45, 2.75) is 20.4 Å². The minimum absolute atomic E-state index is 0.269. The highest BCUT2D eigenvalue weighted by Crippen LogP contribution is 2.25. The van der Waals surface area contributed by atoms with Crippen LogP contribution in [0.3, 0.4) is 0 Å². The van der Waals surface area contributed by atoms with Crippen LogP contribution >= 0.6 is 23.1 Å². The van der Waals surface area contributed by atoms with Crippen LogP contribution in [0.2, 0.25) is 0 Å². The number of hydrogen-bond donors (Lipinski definition) is 0. The topological polar surface area (TPSA) is 36.4 Å². The van der Waals surface area contributed by atoms with E-state index in [4.69, 9.17) is 4.98 Å².